The first-order valence-electron chi connectivity index (χ1n) is 8.41. The lowest BCUT2D eigenvalue weighted by atomic mass is 10.1. The molecule has 1 fully saturated rings. The van der Waals surface area contributed by atoms with Gasteiger partial charge in [-0.1, -0.05) is 18.2 Å². The number of nitrogens with zero attached hydrogens (tertiary/aromatic N) is 2. The minimum atomic E-state index is 0.0203. The summed E-state index contributed by atoms with van der Waals surface area (Å²) in [5.41, 5.74) is 0.750. The SMILES string of the molecule is O=C(CCSc1ccccc1)Nc1cnn(C[C@H]2CCCCO2)c1. The molecule has 128 valence electrons. The summed E-state index contributed by atoms with van der Waals surface area (Å²) < 4.78 is 7.57. The summed E-state index contributed by atoms with van der Waals surface area (Å²) in [5, 5.41) is 7.22. The average Bonchev–Trinajstić information content (AvgIpc) is 3.03. The van der Waals surface area contributed by atoms with Gasteiger partial charge in [-0.05, 0) is 31.4 Å². The Labute approximate surface area is 146 Å². The van der Waals surface area contributed by atoms with Gasteiger partial charge in [0.25, 0.3) is 0 Å². The van der Waals surface area contributed by atoms with Crippen LogP contribution < -0.4 is 5.32 Å². The number of amides is 1. The normalized spacial score (nSPS) is 17.6. The van der Waals surface area contributed by atoms with Gasteiger partial charge in [0.15, 0.2) is 0 Å². The molecule has 1 aliphatic heterocycles. The van der Waals surface area contributed by atoms with Gasteiger partial charge in [-0.25, -0.2) is 0 Å². The van der Waals surface area contributed by atoms with Crippen LogP contribution in [0.25, 0.3) is 0 Å². The number of anilines is 1. The lowest BCUT2D eigenvalue weighted by molar-refractivity contribution is -0.115. The van der Waals surface area contributed by atoms with Gasteiger partial charge in [-0.15, -0.1) is 11.8 Å². The van der Waals surface area contributed by atoms with Gasteiger partial charge in [0.1, 0.15) is 0 Å². The summed E-state index contributed by atoms with van der Waals surface area (Å²) in [6.45, 7) is 1.59. The van der Waals surface area contributed by atoms with Crippen molar-refractivity contribution in [1.29, 1.82) is 0 Å². The summed E-state index contributed by atoms with van der Waals surface area (Å²) in [4.78, 5) is 13.2. The molecular formula is C18H23N3O2S. The van der Waals surface area contributed by atoms with Crippen molar-refractivity contribution in [1.82, 2.24) is 9.78 Å². The molecule has 1 atom stereocenters. The minimum Gasteiger partial charge on any atom is -0.376 e. The molecule has 1 aromatic heterocycles. The van der Waals surface area contributed by atoms with E-state index >= 15 is 0 Å². The minimum absolute atomic E-state index is 0.0203. The summed E-state index contributed by atoms with van der Waals surface area (Å²) in [7, 11) is 0. The fourth-order valence-corrected chi connectivity index (χ4v) is 3.56. The highest BCUT2D eigenvalue weighted by molar-refractivity contribution is 7.99. The molecule has 3 rings (SSSR count). The van der Waals surface area contributed by atoms with Gasteiger partial charge in [0, 0.05) is 29.9 Å². The number of rotatable bonds is 7. The molecule has 1 aliphatic rings. The van der Waals surface area contributed by atoms with Crippen molar-refractivity contribution in [3.8, 4) is 0 Å². The van der Waals surface area contributed by atoms with Crippen LogP contribution in [0.2, 0.25) is 0 Å². The van der Waals surface area contributed by atoms with Crippen molar-refractivity contribution < 1.29 is 9.53 Å². The van der Waals surface area contributed by atoms with Crippen LogP contribution >= 0.6 is 11.8 Å². The van der Waals surface area contributed by atoms with Crippen LogP contribution in [0.4, 0.5) is 5.69 Å². The summed E-state index contributed by atoms with van der Waals surface area (Å²) in [5.74, 6) is 0.784. The van der Waals surface area contributed by atoms with Crippen molar-refractivity contribution in [2.75, 3.05) is 17.7 Å². The van der Waals surface area contributed by atoms with Crippen molar-refractivity contribution in [2.24, 2.45) is 0 Å². The third kappa shape index (κ3) is 5.39. The highest BCUT2D eigenvalue weighted by Gasteiger charge is 2.15. The number of carbonyl (C=O) groups is 1. The number of aromatic nitrogens is 2. The van der Waals surface area contributed by atoms with E-state index < -0.39 is 0 Å². The Hall–Kier alpha value is -1.79. The lowest BCUT2D eigenvalue weighted by Gasteiger charge is -2.22. The first-order chi connectivity index (χ1) is 11.8. The Balaban J connectivity index is 1.40. The van der Waals surface area contributed by atoms with Gasteiger partial charge in [0.05, 0.1) is 24.5 Å². The molecule has 1 saturated heterocycles. The van der Waals surface area contributed by atoms with Gasteiger partial charge < -0.3 is 10.1 Å². The average molecular weight is 345 g/mol. The third-order valence-electron chi connectivity index (χ3n) is 3.92. The monoisotopic (exact) mass is 345 g/mol. The van der Waals surface area contributed by atoms with Crippen LogP contribution in [0.3, 0.4) is 0 Å². The zero-order chi connectivity index (χ0) is 16.6. The van der Waals surface area contributed by atoms with E-state index in [2.05, 4.69) is 22.5 Å². The molecule has 0 radical (unpaired) electrons. The topological polar surface area (TPSA) is 56.2 Å². The Morgan fingerprint density at radius 3 is 3.00 bits per heavy atom. The van der Waals surface area contributed by atoms with Crippen LogP contribution in [-0.2, 0) is 16.1 Å². The standard InChI is InChI=1S/C18H23N3O2S/c22-18(9-11-24-17-7-2-1-3-8-17)20-15-12-19-21(13-15)14-16-6-4-5-10-23-16/h1-3,7-8,12-13,16H,4-6,9-11,14H2,(H,20,22)/t16-/m1/s1. The van der Waals surface area contributed by atoms with Crippen LogP contribution in [0.1, 0.15) is 25.7 Å². The second-order valence-electron chi connectivity index (χ2n) is 5.90. The summed E-state index contributed by atoms with van der Waals surface area (Å²) in [6.07, 6.45) is 7.75. The molecule has 0 aliphatic carbocycles. The zero-order valence-electron chi connectivity index (χ0n) is 13.7. The third-order valence-corrected chi connectivity index (χ3v) is 4.94. The van der Waals surface area contributed by atoms with Crippen molar-refractivity contribution in [3.63, 3.8) is 0 Å². The Morgan fingerprint density at radius 2 is 2.21 bits per heavy atom. The molecule has 0 spiro atoms. The number of benzene rings is 1. The highest BCUT2D eigenvalue weighted by Crippen LogP contribution is 2.18. The maximum absolute atomic E-state index is 12.0. The first-order valence-corrected chi connectivity index (χ1v) is 9.40. The highest BCUT2D eigenvalue weighted by atomic mass is 32.2. The van der Waals surface area contributed by atoms with E-state index in [4.69, 9.17) is 4.74 Å². The van der Waals surface area contributed by atoms with Crippen molar-refractivity contribution in [2.45, 2.75) is 43.2 Å². The lowest BCUT2D eigenvalue weighted by Crippen LogP contribution is -2.24. The molecule has 1 N–H and O–H groups in total. The predicted molar refractivity (Wildman–Crippen MR) is 96.2 cm³/mol. The largest absolute Gasteiger partial charge is 0.376 e. The van der Waals surface area contributed by atoms with E-state index in [0.717, 1.165) is 37.4 Å². The summed E-state index contributed by atoms with van der Waals surface area (Å²) in [6, 6.07) is 10.1. The molecule has 24 heavy (non-hydrogen) atoms. The van der Waals surface area contributed by atoms with E-state index in [1.807, 2.05) is 29.1 Å². The molecule has 2 aromatic rings. The number of hydrogen-bond acceptors (Lipinski definition) is 4. The Kier molecular flexibility index (Phi) is 6.32. The van der Waals surface area contributed by atoms with Crippen molar-refractivity contribution in [3.05, 3.63) is 42.7 Å². The van der Waals surface area contributed by atoms with Crippen LogP contribution in [0.15, 0.2) is 47.6 Å². The van der Waals surface area contributed by atoms with E-state index in [9.17, 15) is 4.79 Å². The van der Waals surface area contributed by atoms with E-state index in [1.54, 1.807) is 18.0 Å². The maximum Gasteiger partial charge on any atom is 0.225 e. The quantitative estimate of drug-likeness (QED) is 0.780. The number of ether oxygens (including phenoxy) is 1. The molecule has 2 heterocycles. The zero-order valence-corrected chi connectivity index (χ0v) is 14.5. The van der Waals surface area contributed by atoms with Gasteiger partial charge >= 0.3 is 0 Å². The molecule has 6 heteroatoms. The fourth-order valence-electron chi connectivity index (χ4n) is 2.69. The van der Waals surface area contributed by atoms with E-state index in [-0.39, 0.29) is 12.0 Å². The maximum atomic E-state index is 12.0. The molecule has 0 bridgehead atoms. The van der Waals surface area contributed by atoms with Gasteiger partial charge in [-0.2, -0.15) is 5.10 Å². The molecule has 1 aromatic carbocycles. The first kappa shape index (κ1) is 17.0. The fraction of sp³-hybridized carbons (Fsp3) is 0.444. The van der Waals surface area contributed by atoms with Crippen LogP contribution in [0, 0.1) is 0 Å². The second kappa shape index (κ2) is 8.89. The molecule has 0 unspecified atom stereocenters. The number of hydrogen-bond donors (Lipinski definition) is 1. The smallest absolute Gasteiger partial charge is 0.225 e. The molecule has 0 saturated carbocycles. The van der Waals surface area contributed by atoms with Gasteiger partial charge in [0.2, 0.25) is 5.91 Å². The number of thioether (sulfide) groups is 1. The second-order valence-corrected chi connectivity index (χ2v) is 7.07. The molecule has 5 nitrogen and oxygen atoms in total. The van der Waals surface area contributed by atoms with Crippen molar-refractivity contribution >= 4 is 23.4 Å². The molecule has 1 amide bonds. The van der Waals surface area contributed by atoms with E-state index in [1.165, 1.54) is 11.3 Å². The van der Waals surface area contributed by atoms with Crippen LogP contribution in [0.5, 0.6) is 0 Å². The number of carbonyl (C=O) groups excluding carboxylic acids is 1. The van der Waals surface area contributed by atoms with E-state index in [0.29, 0.717) is 6.42 Å². The summed E-state index contributed by atoms with van der Waals surface area (Å²) >= 11 is 1.69. The molecular weight excluding hydrogens is 322 g/mol. The number of nitrogens with one attached hydrogen (secondary N) is 1. The predicted octanol–water partition coefficient (Wildman–Crippen LogP) is 3.57. The Morgan fingerprint density at radius 1 is 1.33 bits per heavy atom. The van der Waals surface area contributed by atoms with Crippen LogP contribution in [-0.4, -0.2) is 34.2 Å². The Bertz CT molecular complexity index is 639. The van der Waals surface area contributed by atoms with Gasteiger partial charge in [-0.3, -0.25) is 9.48 Å².